The summed E-state index contributed by atoms with van der Waals surface area (Å²) in [5.74, 6) is 1.19. The number of nitrogens with two attached hydrogens (primary N) is 1. The number of nitrogens with one attached hydrogen (secondary N) is 4. The number of rotatable bonds is 21. The van der Waals surface area contributed by atoms with E-state index in [1.54, 1.807) is 0 Å². The fourth-order valence-corrected chi connectivity index (χ4v) is 2.89. The molecule has 6 N–H and O–H groups in total. The van der Waals surface area contributed by atoms with Crippen LogP contribution in [0.25, 0.3) is 0 Å². The van der Waals surface area contributed by atoms with Crippen LogP contribution in [0.5, 0.6) is 0 Å². The molecular formula is C19H43N5OS. The van der Waals surface area contributed by atoms with Crippen molar-refractivity contribution in [1.82, 2.24) is 21.3 Å². The first-order valence-corrected chi connectivity index (χ1v) is 11.1. The predicted octanol–water partition coefficient (Wildman–Crippen LogP) is 1.27. The molecule has 0 saturated heterocycles. The van der Waals surface area contributed by atoms with E-state index in [1.165, 1.54) is 44.9 Å². The van der Waals surface area contributed by atoms with E-state index in [0.29, 0.717) is 19.5 Å². The third-order valence-corrected chi connectivity index (χ3v) is 4.53. The van der Waals surface area contributed by atoms with E-state index in [1.807, 2.05) is 0 Å². The third kappa shape index (κ3) is 21.7. The van der Waals surface area contributed by atoms with Crippen LogP contribution in [0.4, 0.5) is 0 Å². The number of carbonyl (C=O) groups is 1. The highest BCUT2D eigenvalue weighted by Crippen LogP contribution is 2.09. The van der Waals surface area contributed by atoms with Crippen LogP contribution >= 0.6 is 12.6 Å². The van der Waals surface area contributed by atoms with Gasteiger partial charge in [0.2, 0.25) is 5.91 Å². The standard InChI is InChI=1S/C19H43N5OS/c20-10-11-21-12-13-22-14-15-23-16-17-24-19(25)9-7-5-3-1-2-4-6-8-18-26/h21-23,26H,1-18,20H2,(H,24,25). The van der Waals surface area contributed by atoms with Crippen LogP contribution in [-0.2, 0) is 4.79 Å². The summed E-state index contributed by atoms with van der Waals surface area (Å²) in [4.78, 5) is 11.7. The van der Waals surface area contributed by atoms with Gasteiger partial charge in [0.15, 0.2) is 0 Å². The van der Waals surface area contributed by atoms with Gasteiger partial charge in [0.05, 0.1) is 0 Å². The summed E-state index contributed by atoms with van der Waals surface area (Å²) >= 11 is 4.22. The van der Waals surface area contributed by atoms with Crippen LogP contribution in [0.15, 0.2) is 0 Å². The molecule has 0 aromatic rings. The molecule has 0 aliphatic carbocycles. The first-order chi connectivity index (χ1) is 12.8. The molecule has 26 heavy (non-hydrogen) atoms. The SMILES string of the molecule is NCCNCCNCCNCCNC(=O)CCCCCCCCCCS. The van der Waals surface area contributed by atoms with Crippen molar-refractivity contribution in [2.45, 2.75) is 57.8 Å². The van der Waals surface area contributed by atoms with Crippen LogP contribution in [0, 0.1) is 0 Å². The average Bonchev–Trinajstić information content (AvgIpc) is 2.64. The second-order valence-corrected chi connectivity index (χ2v) is 7.14. The molecule has 0 unspecified atom stereocenters. The number of hydrogen-bond acceptors (Lipinski definition) is 6. The van der Waals surface area contributed by atoms with Crippen molar-refractivity contribution in [2.75, 3.05) is 58.1 Å². The minimum atomic E-state index is 0.185. The van der Waals surface area contributed by atoms with Gasteiger partial charge in [0.25, 0.3) is 0 Å². The van der Waals surface area contributed by atoms with Gasteiger partial charge in [-0.05, 0) is 18.6 Å². The van der Waals surface area contributed by atoms with Gasteiger partial charge in [0.1, 0.15) is 0 Å². The van der Waals surface area contributed by atoms with Gasteiger partial charge in [-0.2, -0.15) is 12.6 Å². The lowest BCUT2D eigenvalue weighted by molar-refractivity contribution is -0.121. The van der Waals surface area contributed by atoms with Crippen LogP contribution in [0.2, 0.25) is 0 Å². The topological polar surface area (TPSA) is 91.2 Å². The second-order valence-electron chi connectivity index (χ2n) is 6.69. The highest BCUT2D eigenvalue weighted by atomic mass is 32.1. The Morgan fingerprint density at radius 3 is 1.65 bits per heavy atom. The van der Waals surface area contributed by atoms with Crippen molar-refractivity contribution >= 4 is 18.5 Å². The van der Waals surface area contributed by atoms with Gasteiger partial charge in [-0.25, -0.2) is 0 Å². The Balaban J connectivity index is 3.13. The predicted molar refractivity (Wildman–Crippen MR) is 116 cm³/mol. The lowest BCUT2D eigenvalue weighted by Crippen LogP contribution is -2.36. The van der Waals surface area contributed by atoms with Gasteiger partial charge in [-0.3, -0.25) is 4.79 Å². The van der Waals surface area contributed by atoms with Crippen LogP contribution in [0.3, 0.4) is 0 Å². The van der Waals surface area contributed by atoms with Gasteiger partial charge in [-0.1, -0.05) is 38.5 Å². The highest BCUT2D eigenvalue weighted by molar-refractivity contribution is 7.80. The van der Waals surface area contributed by atoms with Crippen LogP contribution < -0.4 is 27.0 Å². The molecule has 7 heteroatoms. The molecule has 0 saturated carbocycles. The van der Waals surface area contributed by atoms with Crippen molar-refractivity contribution in [3.05, 3.63) is 0 Å². The minimum Gasteiger partial charge on any atom is -0.355 e. The van der Waals surface area contributed by atoms with Gasteiger partial charge in [0, 0.05) is 58.8 Å². The number of unbranched alkanes of at least 4 members (excludes halogenated alkanes) is 7. The second kappa shape index (κ2) is 22.7. The summed E-state index contributed by atoms with van der Waals surface area (Å²) in [6.07, 6.45) is 10.6. The average molecular weight is 390 g/mol. The molecule has 6 nitrogen and oxygen atoms in total. The van der Waals surface area contributed by atoms with Gasteiger partial charge >= 0.3 is 0 Å². The Hall–Kier alpha value is -0.340. The van der Waals surface area contributed by atoms with E-state index in [2.05, 4.69) is 33.9 Å². The molecule has 0 spiro atoms. The monoisotopic (exact) mass is 389 g/mol. The molecule has 0 bridgehead atoms. The number of hydrogen-bond donors (Lipinski definition) is 6. The molecule has 0 fully saturated rings. The van der Waals surface area contributed by atoms with Crippen molar-refractivity contribution < 1.29 is 4.79 Å². The van der Waals surface area contributed by atoms with E-state index < -0.39 is 0 Å². The van der Waals surface area contributed by atoms with Crippen LogP contribution in [0.1, 0.15) is 57.8 Å². The zero-order chi connectivity index (χ0) is 19.1. The van der Waals surface area contributed by atoms with E-state index >= 15 is 0 Å². The molecule has 0 aromatic carbocycles. The Bertz CT molecular complexity index is 295. The molecule has 0 aromatic heterocycles. The molecule has 0 rings (SSSR count). The lowest BCUT2D eigenvalue weighted by Gasteiger charge is -2.08. The molecule has 0 aliphatic heterocycles. The van der Waals surface area contributed by atoms with E-state index in [4.69, 9.17) is 5.73 Å². The summed E-state index contributed by atoms with van der Waals surface area (Å²) in [5.41, 5.74) is 5.40. The maximum atomic E-state index is 11.7. The number of amides is 1. The van der Waals surface area contributed by atoms with Gasteiger partial charge < -0.3 is 27.0 Å². The maximum absolute atomic E-state index is 11.7. The zero-order valence-electron chi connectivity index (χ0n) is 16.7. The lowest BCUT2D eigenvalue weighted by atomic mass is 10.1. The Kier molecular flexibility index (Phi) is 22.4. The normalized spacial score (nSPS) is 11.0. The minimum absolute atomic E-state index is 0.185. The van der Waals surface area contributed by atoms with Crippen molar-refractivity contribution in [2.24, 2.45) is 5.73 Å². The molecule has 156 valence electrons. The Labute approximate surface area is 166 Å². The van der Waals surface area contributed by atoms with Crippen molar-refractivity contribution in [3.8, 4) is 0 Å². The third-order valence-electron chi connectivity index (χ3n) is 4.21. The highest BCUT2D eigenvalue weighted by Gasteiger charge is 2.00. The van der Waals surface area contributed by atoms with E-state index in [9.17, 15) is 4.79 Å². The maximum Gasteiger partial charge on any atom is 0.220 e. The molecule has 0 aliphatic rings. The van der Waals surface area contributed by atoms with Crippen molar-refractivity contribution in [1.29, 1.82) is 0 Å². The summed E-state index contributed by atoms with van der Waals surface area (Å²) in [6, 6.07) is 0. The molecule has 0 heterocycles. The quantitative estimate of drug-likeness (QED) is 0.131. The summed E-state index contributed by atoms with van der Waals surface area (Å²) in [7, 11) is 0. The largest absolute Gasteiger partial charge is 0.355 e. The van der Waals surface area contributed by atoms with E-state index in [0.717, 1.165) is 51.4 Å². The summed E-state index contributed by atoms with van der Waals surface area (Å²) < 4.78 is 0. The fraction of sp³-hybridized carbons (Fsp3) is 0.947. The van der Waals surface area contributed by atoms with Crippen LogP contribution in [-0.4, -0.2) is 64.0 Å². The molecular weight excluding hydrogens is 346 g/mol. The van der Waals surface area contributed by atoms with Gasteiger partial charge in [-0.15, -0.1) is 0 Å². The van der Waals surface area contributed by atoms with Crippen molar-refractivity contribution in [3.63, 3.8) is 0 Å². The molecule has 1 amide bonds. The first-order valence-electron chi connectivity index (χ1n) is 10.5. The molecule has 0 radical (unpaired) electrons. The number of carbonyl (C=O) groups excluding carboxylic acids is 1. The smallest absolute Gasteiger partial charge is 0.220 e. The van der Waals surface area contributed by atoms with E-state index in [-0.39, 0.29) is 5.91 Å². The zero-order valence-corrected chi connectivity index (χ0v) is 17.6. The molecule has 0 atom stereocenters. The first kappa shape index (κ1) is 25.7. The Morgan fingerprint density at radius 1 is 0.654 bits per heavy atom. The summed E-state index contributed by atoms with van der Waals surface area (Å²) in [5, 5.41) is 12.9. The Morgan fingerprint density at radius 2 is 1.12 bits per heavy atom. The number of thiol groups is 1. The summed E-state index contributed by atoms with van der Waals surface area (Å²) in [6.45, 7) is 6.85. The fourth-order valence-electron chi connectivity index (χ4n) is 2.67.